The minimum absolute atomic E-state index is 0.260. The van der Waals surface area contributed by atoms with Gasteiger partial charge in [0.2, 0.25) is 5.91 Å². The van der Waals surface area contributed by atoms with Crippen LogP contribution in [0.2, 0.25) is 0 Å². The maximum atomic E-state index is 12.0. The minimum Gasteiger partial charge on any atom is -0.314 e. The highest BCUT2D eigenvalue weighted by Gasteiger charge is 2.26. The molecule has 1 unspecified atom stereocenters. The third-order valence-corrected chi connectivity index (χ3v) is 4.02. The third-order valence-electron chi connectivity index (χ3n) is 4.02. The van der Waals surface area contributed by atoms with E-state index in [0.717, 1.165) is 25.2 Å². The Balaban J connectivity index is 1.57. The van der Waals surface area contributed by atoms with Gasteiger partial charge in [-0.1, -0.05) is 18.2 Å². The number of hydrogen-bond acceptors (Lipinski definition) is 2. The van der Waals surface area contributed by atoms with Gasteiger partial charge in [-0.2, -0.15) is 0 Å². The number of para-hydroxylation sites is 1. The molecule has 0 saturated carbocycles. The summed E-state index contributed by atoms with van der Waals surface area (Å²) in [5, 5.41) is 3.51. The first kappa shape index (κ1) is 11.7. The van der Waals surface area contributed by atoms with Crippen molar-refractivity contribution >= 4 is 11.6 Å². The quantitative estimate of drug-likeness (QED) is 0.879. The fourth-order valence-electron chi connectivity index (χ4n) is 3.06. The van der Waals surface area contributed by atoms with Crippen molar-refractivity contribution < 1.29 is 4.79 Å². The number of carbonyl (C=O) groups is 1. The van der Waals surface area contributed by atoms with Gasteiger partial charge in [0, 0.05) is 18.3 Å². The van der Waals surface area contributed by atoms with Crippen LogP contribution in [0.4, 0.5) is 5.69 Å². The second-order valence-corrected chi connectivity index (χ2v) is 5.29. The Morgan fingerprint density at radius 3 is 3.06 bits per heavy atom. The van der Waals surface area contributed by atoms with Crippen LogP contribution in [-0.4, -0.2) is 25.0 Å². The Morgan fingerprint density at radius 1 is 1.33 bits per heavy atom. The van der Waals surface area contributed by atoms with Crippen molar-refractivity contribution in [1.29, 1.82) is 0 Å². The van der Waals surface area contributed by atoms with Crippen molar-refractivity contribution in [3.05, 3.63) is 29.8 Å². The molecule has 1 aromatic carbocycles. The zero-order valence-electron chi connectivity index (χ0n) is 10.7. The summed E-state index contributed by atoms with van der Waals surface area (Å²) < 4.78 is 0. The molecule has 1 fully saturated rings. The lowest BCUT2D eigenvalue weighted by atomic mass is 10.1. The van der Waals surface area contributed by atoms with Gasteiger partial charge in [-0.25, -0.2) is 0 Å². The molecule has 0 spiro atoms. The Labute approximate surface area is 108 Å². The first-order valence-electron chi connectivity index (χ1n) is 6.96. The first-order valence-corrected chi connectivity index (χ1v) is 6.96. The molecule has 0 aromatic heterocycles. The smallest absolute Gasteiger partial charge is 0.231 e. The average Bonchev–Trinajstić information content (AvgIpc) is 2.98. The van der Waals surface area contributed by atoms with E-state index in [4.69, 9.17) is 0 Å². The summed E-state index contributed by atoms with van der Waals surface area (Å²) in [6.07, 6.45) is 5.46. The molecular formula is C15H20N2O. The molecule has 1 N–H and O–H groups in total. The number of fused-ring (bicyclic) bond motifs is 1. The van der Waals surface area contributed by atoms with Crippen molar-refractivity contribution in [1.82, 2.24) is 5.32 Å². The summed E-state index contributed by atoms with van der Waals surface area (Å²) in [5.74, 6) is 0.260. The van der Waals surface area contributed by atoms with Crippen LogP contribution in [0, 0.1) is 0 Å². The van der Waals surface area contributed by atoms with E-state index in [1.54, 1.807) is 0 Å². The Bertz CT molecular complexity index is 438. The van der Waals surface area contributed by atoms with Gasteiger partial charge in [0.25, 0.3) is 0 Å². The van der Waals surface area contributed by atoms with Gasteiger partial charge >= 0.3 is 0 Å². The molecular weight excluding hydrogens is 224 g/mol. The highest BCUT2D eigenvalue weighted by Crippen LogP contribution is 2.28. The molecule has 1 atom stereocenters. The van der Waals surface area contributed by atoms with E-state index in [-0.39, 0.29) is 5.91 Å². The molecule has 2 heterocycles. The monoisotopic (exact) mass is 244 g/mol. The van der Waals surface area contributed by atoms with E-state index in [1.165, 1.54) is 24.8 Å². The second kappa shape index (κ2) is 5.11. The molecule has 3 heteroatoms. The summed E-state index contributed by atoms with van der Waals surface area (Å²) in [5.41, 5.74) is 2.31. The van der Waals surface area contributed by atoms with Gasteiger partial charge in [0.05, 0.1) is 6.42 Å². The van der Waals surface area contributed by atoms with Crippen molar-refractivity contribution in [2.45, 2.75) is 38.1 Å². The maximum absolute atomic E-state index is 12.0. The number of hydrogen-bond donors (Lipinski definition) is 1. The normalized spacial score (nSPS) is 22.6. The molecule has 3 rings (SSSR count). The topological polar surface area (TPSA) is 32.3 Å². The van der Waals surface area contributed by atoms with Crippen LogP contribution in [0.15, 0.2) is 24.3 Å². The van der Waals surface area contributed by atoms with Crippen LogP contribution < -0.4 is 10.2 Å². The van der Waals surface area contributed by atoms with Crippen LogP contribution in [0.1, 0.15) is 31.2 Å². The van der Waals surface area contributed by atoms with Crippen molar-refractivity contribution in [2.24, 2.45) is 0 Å². The minimum atomic E-state index is 0.260. The van der Waals surface area contributed by atoms with E-state index >= 15 is 0 Å². The number of benzene rings is 1. The van der Waals surface area contributed by atoms with Gasteiger partial charge in [-0.3, -0.25) is 4.79 Å². The SMILES string of the molecule is O=C1Cc2ccccc2N1CCCC1CCCN1. The number of carbonyl (C=O) groups excluding carboxylic acids is 1. The summed E-state index contributed by atoms with van der Waals surface area (Å²) in [7, 11) is 0. The Kier molecular flexibility index (Phi) is 3.33. The highest BCUT2D eigenvalue weighted by atomic mass is 16.2. The zero-order chi connectivity index (χ0) is 12.4. The first-order chi connectivity index (χ1) is 8.84. The van der Waals surface area contributed by atoms with Crippen LogP contribution >= 0.6 is 0 Å². The summed E-state index contributed by atoms with van der Waals surface area (Å²) in [4.78, 5) is 13.9. The molecule has 2 aliphatic rings. The summed E-state index contributed by atoms with van der Waals surface area (Å²) in [6.45, 7) is 2.03. The lowest BCUT2D eigenvalue weighted by molar-refractivity contribution is -0.117. The molecule has 1 saturated heterocycles. The molecule has 96 valence electrons. The third kappa shape index (κ3) is 2.27. The maximum Gasteiger partial charge on any atom is 0.231 e. The Hall–Kier alpha value is -1.35. The molecule has 2 aliphatic heterocycles. The molecule has 0 radical (unpaired) electrons. The van der Waals surface area contributed by atoms with Gasteiger partial charge in [-0.05, 0) is 43.9 Å². The van der Waals surface area contributed by atoms with E-state index in [2.05, 4.69) is 17.4 Å². The molecule has 0 bridgehead atoms. The van der Waals surface area contributed by atoms with E-state index in [9.17, 15) is 4.79 Å². The van der Waals surface area contributed by atoms with Gasteiger partial charge in [-0.15, -0.1) is 0 Å². The highest BCUT2D eigenvalue weighted by molar-refractivity contribution is 6.01. The van der Waals surface area contributed by atoms with E-state index in [1.807, 2.05) is 17.0 Å². The Morgan fingerprint density at radius 2 is 2.22 bits per heavy atom. The summed E-state index contributed by atoms with van der Waals surface area (Å²) in [6, 6.07) is 8.83. The zero-order valence-corrected chi connectivity index (χ0v) is 10.7. The molecule has 1 aromatic rings. The number of nitrogens with one attached hydrogen (secondary N) is 1. The molecule has 3 nitrogen and oxygen atoms in total. The van der Waals surface area contributed by atoms with Gasteiger partial charge in [0.1, 0.15) is 0 Å². The molecule has 1 amide bonds. The predicted molar refractivity (Wildman–Crippen MR) is 72.8 cm³/mol. The molecule has 0 aliphatic carbocycles. The summed E-state index contributed by atoms with van der Waals surface area (Å²) >= 11 is 0. The van der Waals surface area contributed by atoms with Gasteiger partial charge in [0.15, 0.2) is 0 Å². The standard InChI is InChI=1S/C15H20N2O/c18-15-11-12-5-1-2-8-14(12)17(15)10-4-7-13-6-3-9-16-13/h1-2,5,8,13,16H,3-4,6-7,9-11H2. The fourth-order valence-corrected chi connectivity index (χ4v) is 3.06. The fraction of sp³-hybridized carbons (Fsp3) is 0.533. The van der Waals surface area contributed by atoms with E-state index < -0.39 is 0 Å². The van der Waals surface area contributed by atoms with Crippen LogP contribution in [0.3, 0.4) is 0 Å². The number of anilines is 1. The lowest BCUT2D eigenvalue weighted by Crippen LogP contribution is -2.29. The van der Waals surface area contributed by atoms with Crippen LogP contribution in [-0.2, 0) is 11.2 Å². The van der Waals surface area contributed by atoms with Crippen LogP contribution in [0.5, 0.6) is 0 Å². The lowest BCUT2D eigenvalue weighted by Gasteiger charge is -2.18. The number of nitrogens with zero attached hydrogens (tertiary/aromatic N) is 1. The van der Waals surface area contributed by atoms with Crippen molar-refractivity contribution in [2.75, 3.05) is 18.0 Å². The van der Waals surface area contributed by atoms with E-state index in [0.29, 0.717) is 12.5 Å². The van der Waals surface area contributed by atoms with Crippen LogP contribution in [0.25, 0.3) is 0 Å². The van der Waals surface area contributed by atoms with Crippen molar-refractivity contribution in [3.8, 4) is 0 Å². The second-order valence-electron chi connectivity index (χ2n) is 5.29. The predicted octanol–water partition coefficient (Wildman–Crippen LogP) is 2.11. The number of rotatable bonds is 4. The van der Waals surface area contributed by atoms with Crippen molar-refractivity contribution in [3.63, 3.8) is 0 Å². The molecule has 18 heavy (non-hydrogen) atoms. The largest absolute Gasteiger partial charge is 0.314 e. The van der Waals surface area contributed by atoms with Gasteiger partial charge < -0.3 is 10.2 Å². The number of amides is 1. The average molecular weight is 244 g/mol.